The van der Waals surface area contributed by atoms with E-state index in [1.165, 1.54) is 18.9 Å². The zero-order valence-electron chi connectivity index (χ0n) is 9.75. The first kappa shape index (κ1) is 13.5. The lowest BCUT2D eigenvalue weighted by molar-refractivity contribution is 0.372. The second-order valence-corrected chi connectivity index (χ2v) is 4.03. The third-order valence-corrected chi connectivity index (χ3v) is 2.87. The Labute approximate surface area is 103 Å². The SMILES string of the molecule is CS.Fc1cccc(CC2CCNCC2)c1. The number of piperidine rings is 1. The summed E-state index contributed by atoms with van der Waals surface area (Å²) in [7, 11) is 0. The fourth-order valence-electron chi connectivity index (χ4n) is 2.08. The smallest absolute Gasteiger partial charge is 0.123 e. The standard InChI is InChI=1S/C12H16FN.CH4S/c13-12-3-1-2-11(9-12)8-10-4-6-14-7-5-10;1-2/h1-3,9-10,14H,4-8H2;2H,1H3. The molecular weight excluding hydrogens is 221 g/mol. The van der Waals surface area contributed by atoms with Gasteiger partial charge in [-0.05, 0) is 62.2 Å². The van der Waals surface area contributed by atoms with E-state index in [1.807, 2.05) is 6.07 Å². The predicted octanol–water partition coefficient (Wildman–Crippen LogP) is 2.91. The van der Waals surface area contributed by atoms with E-state index < -0.39 is 0 Å². The summed E-state index contributed by atoms with van der Waals surface area (Å²) in [6, 6.07) is 6.98. The van der Waals surface area contributed by atoms with Gasteiger partial charge in [0.2, 0.25) is 0 Å². The molecule has 16 heavy (non-hydrogen) atoms. The Morgan fingerprint density at radius 1 is 1.31 bits per heavy atom. The molecular formula is C13H20FNS. The molecule has 1 aliphatic rings. The monoisotopic (exact) mass is 241 g/mol. The Balaban J connectivity index is 0.000000606. The van der Waals surface area contributed by atoms with Crippen LogP contribution in [0, 0.1) is 11.7 Å². The van der Waals surface area contributed by atoms with E-state index in [0.717, 1.165) is 31.0 Å². The second-order valence-electron chi connectivity index (χ2n) is 4.03. The highest BCUT2D eigenvalue weighted by Gasteiger charge is 2.13. The summed E-state index contributed by atoms with van der Waals surface area (Å²) in [5.74, 6) is 0.620. The first-order chi connectivity index (χ1) is 7.84. The minimum atomic E-state index is -0.114. The van der Waals surface area contributed by atoms with Crippen LogP contribution < -0.4 is 5.32 Å². The van der Waals surface area contributed by atoms with Gasteiger partial charge in [-0.25, -0.2) is 4.39 Å². The van der Waals surface area contributed by atoms with E-state index in [-0.39, 0.29) is 5.82 Å². The number of nitrogens with one attached hydrogen (secondary N) is 1. The molecule has 0 unspecified atom stereocenters. The van der Waals surface area contributed by atoms with Crippen LogP contribution in [0.15, 0.2) is 24.3 Å². The van der Waals surface area contributed by atoms with Crippen molar-refractivity contribution in [3.05, 3.63) is 35.6 Å². The van der Waals surface area contributed by atoms with Crippen molar-refractivity contribution in [3.8, 4) is 0 Å². The lowest BCUT2D eigenvalue weighted by atomic mass is 9.91. The zero-order valence-corrected chi connectivity index (χ0v) is 10.6. The topological polar surface area (TPSA) is 12.0 Å². The van der Waals surface area contributed by atoms with Crippen molar-refractivity contribution >= 4 is 12.6 Å². The van der Waals surface area contributed by atoms with Crippen LogP contribution in [0.5, 0.6) is 0 Å². The highest BCUT2D eigenvalue weighted by molar-refractivity contribution is 7.79. The van der Waals surface area contributed by atoms with Crippen LogP contribution in [0.4, 0.5) is 4.39 Å². The Bertz CT molecular complexity index is 298. The van der Waals surface area contributed by atoms with Crippen LogP contribution in [-0.4, -0.2) is 19.3 Å². The number of rotatable bonds is 2. The Morgan fingerprint density at radius 2 is 2.00 bits per heavy atom. The first-order valence-corrected chi connectivity index (χ1v) is 6.64. The van der Waals surface area contributed by atoms with E-state index in [1.54, 1.807) is 18.4 Å². The summed E-state index contributed by atoms with van der Waals surface area (Å²) in [5, 5.41) is 3.34. The van der Waals surface area contributed by atoms with E-state index in [9.17, 15) is 4.39 Å². The van der Waals surface area contributed by atoms with Crippen molar-refractivity contribution in [1.82, 2.24) is 5.32 Å². The highest BCUT2D eigenvalue weighted by Crippen LogP contribution is 2.18. The van der Waals surface area contributed by atoms with Gasteiger partial charge in [0.15, 0.2) is 0 Å². The Kier molecular flexibility index (Phi) is 6.50. The molecule has 3 heteroatoms. The molecule has 1 heterocycles. The molecule has 0 saturated carbocycles. The summed E-state index contributed by atoms with van der Waals surface area (Å²) in [5.41, 5.74) is 1.14. The Morgan fingerprint density at radius 3 is 2.62 bits per heavy atom. The summed E-state index contributed by atoms with van der Waals surface area (Å²) in [6.45, 7) is 2.22. The number of thiol groups is 1. The molecule has 1 saturated heterocycles. The maximum absolute atomic E-state index is 12.9. The molecule has 0 atom stereocenters. The van der Waals surface area contributed by atoms with Gasteiger partial charge < -0.3 is 5.32 Å². The van der Waals surface area contributed by atoms with Crippen LogP contribution >= 0.6 is 12.6 Å². The van der Waals surface area contributed by atoms with Crippen LogP contribution in [-0.2, 0) is 6.42 Å². The Hall–Kier alpha value is -0.540. The van der Waals surface area contributed by atoms with Crippen molar-refractivity contribution < 1.29 is 4.39 Å². The molecule has 0 aliphatic carbocycles. The molecule has 0 spiro atoms. The lowest BCUT2D eigenvalue weighted by Gasteiger charge is -2.22. The fourth-order valence-corrected chi connectivity index (χ4v) is 2.08. The van der Waals surface area contributed by atoms with Gasteiger partial charge in [-0.15, -0.1) is 0 Å². The van der Waals surface area contributed by atoms with E-state index in [0.29, 0.717) is 0 Å². The van der Waals surface area contributed by atoms with E-state index >= 15 is 0 Å². The quantitative estimate of drug-likeness (QED) is 0.759. The maximum Gasteiger partial charge on any atom is 0.123 e. The van der Waals surface area contributed by atoms with Crippen molar-refractivity contribution in [2.24, 2.45) is 5.92 Å². The van der Waals surface area contributed by atoms with Gasteiger partial charge in [0.25, 0.3) is 0 Å². The molecule has 1 aliphatic heterocycles. The molecule has 1 fully saturated rings. The van der Waals surface area contributed by atoms with Crippen LogP contribution in [0.1, 0.15) is 18.4 Å². The summed E-state index contributed by atoms with van der Waals surface area (Å²) >= 11 is 3.53. The predicted molar refractivity (Wildman–Crippen MR) is 70.6 cm³/mol. The normalized spacial score (nSPS) is 16.4. The molecule has 90 valence electrons. The molecule has 1 aromatic rings. The van der Waals surface area contributed by atoms with Gasteiger partial charge in [0, 0.05) is 0 Å². The van der Waals surface area contributed by atoms with Crippen molar-refractivity contribution in [2.45, 2.75) is 19.3 Å². The molecule has 1 aromatic carbocycles. The number of hydrogen-bond donors (Lipinski definition) is 2. The average molecular weight is 241 g/mol. The minimum Gasteiger partial charge on any atom is -0.317 e. The minimum absolute atomic E-state index is 0.114. The average Bonchev–Trinajstić information content (AvgIpc) is 2.33. The van der Waals surface area contributed by atoms with Crippen LogP contribution in [0.3, 0.4) is 0 Å². The number of hydrogen-bond acceptors (Lipinski definition) is 2. The molecule has 0 aromatic heterocycles. The number of halogens is 1. The van der Waals surface area contributed by atoms with Gasteiger partial charge in [0.05, 0.1) is 0 Å². The maximum atomic E-state index is 12.9. The molecule has 2 rings (SSSR count). The third kappa shape index (κ3) is 4.54. The highest BCUT2D eigenvalue weighted by atomic mass is 32.1. The molecule has 1 nitrogen and oxygen atoms in total. The first-order valence-electron chi connectivity index (χ1n) is 5.74. The van der Waals surface area contributed by atoms with Crippen molar-refractivity contribution in [1.29, 1.82) is 0 Å². The van der Waals surface area contributed by atoms with E-state index in [4.69, 9.17) is 0 Å². The summed E-state index contributed by atoms with van der Waals surface area (Å²) in [4.78, 5) is 0. The zero-order chi connectivity index (χ0) is 11.8. The third-order valence-electron chi connectivity index (χ3n) is 2.87. The summed E-state index contributed by atoms with van der Waals surface area (Å²) in [6.07, 6.45) is 5.16. The molecule has 0 amide bonds. The van der Waals surface area contributed by atoms with Gasteiger partial charge in [-0.3, -0.25) is 0 Å². The molecule has 0 radical (unpaired) electrons. The fraction of sp³-hybridized carbons (Fsp3) is 0.538. The van der Waals surface area contributed by atoms with Crippen molar-refractivity contribution in [3.63, 3.8) is 0 Å². The molecule has 1 N–H and O–H groups in total. The largest absolute Gasteiger partial charge is 0.317 e. The van der Waals surface area contributed by atoms with Gasteiger partial charge in [0.1, 0.15) is 5.82 Å². The van der Waals surface area contributed by atoms with Crippen LogP contribution in [0.25, 0.3) is 0 Å². The van der Waals surface area contributed by atoms with Gasteiger partial charge in [-0.2, -0.15) is 12.6 Å². The van der Waals surface area contributed by atoms with Crippen LogP contribution in [0.2, 0.25) is 0 Å². The second kappa shape index (κ2) is 7.69. The summed E-state index contributed by atoms with van der Waals surface area (Å²) < 4.78 is 12.9. The van der Waals surface area contributed by atoms with Gasteiger partial charge >= 0.3 is 0 Å². The molecule has 0 bridgehead atoms. The van der Waals surface area contributed by atoms with E-state index in [2.05, 4.69) is 17.9 Å². The lowest BCUT2D eigenvalue weighted by Crippen LogP contribution is -2.28. The number of benzene rings is 1. The van der Waals surface area contributed by atoms with Crippen molar-refractivity contribution in [2.75, 3.05) is 19.3 Å². The van der Waals surface area contributed by atoms with Gasteiger partial charge in [-0.1, -0.05) is 12.1 Å².